The van der Waals surface area contributed by atoms with Crippen molar-refractivity contribution in [2.75, 3.05) is 5.73 Å². The SMILES string of the molecule is CCc1ccc(C(C)NC(=O)c2cc(N)ccc2Br)cc1. The van der Waals surface area contributed by atoms with E-state index in [1.54, 1.807) is 18.2 Å². The smallest absolute Gasteiger partial charge is 0.252 e. The fourth-order valence-electron chi connectivity index (χ4n) is 2.12. The number of hydrogen-bond acceptors (Lipinski definition) is 2. The highest BCUT2D eigenvalue weighted by molar-refractivity contribution is 9.10. The molecule has 0 spiro atoms. The van der Waals surface area contributed by atoms with Crippen LogP contribution in [-0.4, -0.2) is 5.91 Å². The summed E-state index contributed by atoms with van der Waals surface area (Å²) in [5.41, 5.74) is 9.23. The van der Waals surface area contributed by atoms with Gasteiger partial charge in [0.2, 0.25) is 0 Å². The van der Waals surface area contributed by atoms with Crippen molar-refractivity contribution in [1.82, 2.24) is 5.32 Å². The zero-order valence-corrected chi connectivity index (χ0v) is 13.8. The van der Waals surface area contributed by atoms with E-state index < -0.39 is 0 Å². The van der Waals surface area contributed by atoms with Crippen molar-refractivity contribution < 1.29 is 4.79 Å². The summed E-state index contributed by atoms with van der Waals surface area (Å²) >= 11 is 3.38. The molecule has 0 aromatic heterocycles. The highest BCUT2D eigenvalue weighted by Gasteiger charge is 2.14. The number of nitrogens with two attached hydrogens (primary N) is 1. The fraction of sp³-hybridized carbons (Fsp3) is 0.235. The number of aryl methyl sites for hydroxylation is 1. The molecule has 0 aliphatic heterocycles. The summed E-state index contributed by atoms with van der Waals surface area (Å²) in [5, 5.41) is 2.99. The monoisotopic (exact) mass is 346 g/mol. The van der Waals surface area contributed by atoms with Crippen LogP contribution in [0.15, 0.2) is 46.9 Å². The molecule has 110 valence electrons. The van der Waals surface area contributed by atoms with E-state index >= 15 is 0 Å². The standard InChI is InChI=1S/C17H19BrN2O/c1-3-12-4-6-13(7-5-12)11(2)20-17(21)15-10-14(19)8-9-16(15)18/h4-11H,3,19H2,1-2H3,(H,20,21). The lowest BCUT2D eigenvalue weighted by Crippen LogP contribution is -2.27. The van der Waals surface area contributed by atoms with E-state index in [1.807, 2.05) is 6.92 Å². The van der Waals surface area contributed by atoms with Gasteiger partial charge in [-0.25, -0.2) is 0 Å². The van der Waals surface area contributed by atoms with Crippen molar-refractivity contribution in [3.63, 3.8) is 0 Å². The van der Waals surface area contributed by atoms with Gasteiger partial charge < -0.3 is 11.1 Å². The molecule has 0 saturated heterocycles. The molecule has 1 amide bonds. The molecule has 2 rings (SSSR count). The molecule has 3 nitrogen and oxygen atoms in total. The second-order valence-corrected chi connectivity index (χ2v) is 5.88. The van der Waals surface area contributed by atoms with Crippen LogP contribution in [0.5, 0.6) is 0 Å². The summed E-state index contributed by atoms with van der Waals surface area (Å²) in [5.74, 6) is -0.138. The van der Waals surface area contributed by atoms with Crippen LogP contribution in [0.4, 0.5) is 5.69 Å². The first-order chi connectivity index (χ1) is 10.0. The van der Waals surface area contributed by atoms with Crippen molar-refractivity contribution in [3.05, 3.63) is 63.6 Å². The number of anilines is 1. The molecule has 0 fully saturated rings. The molecule has 0 radical (unpaired) electrons. The fourth-order valence-corrected chi connectivity index (χ4v) is 2.54. The largest absolute Gasteiger partial charge is 0.399 e. The minimum Gasteiger partial charge on any atom is -0.399 e. The van der Waals surface area contributed by atoms with Crippen molar-refractivity contribution in [1.29, 1.82) is 0 Å². The van der Waals surface area contributed by atoms with Crippen LogP contribution in [0.3, 0.4) is 0 Å². The molecular formula is C17H19BrN2O. The van der Waals surface area contributed by atoms with Crippen LogP contribution in [0, 0.1) is 0 Å². The molecule has 3 N–H and O–H groups in total. The normalized spacial score (nSPS) is 12.0. The third-order valence-electron chi connectivity index (χ3n) is 3.47. The molecule has 1 atom stereocenters. The molecular weight excluding hydrogens is 328 g/mol. The molecule has 21 heavy (non-hydrogen) atoms. The predicted molar refractivity (Wildman–Crippen MR) is 90.3 cm³/mol. The molecule has 0 heterocycles. The minimum atomic E-state index is -0.138. The van der Waals surface area contributed by atoms with Crippen molar-refractivity contribution >= 4 is 27.5 Å². The van der Waals surface area contributed by atoms with Crippen molar-refractivity contribution in [2.24, 2.45) is 0 Å². The zero-order valence-electron chi connectivity index (χ0n) is 12.2. The van der Waals surface area contributed by atoms with E-state index in [1.165, 1.54) is 5.56 Å². The van der Waals surface area contributed by atoms with Crippen molar-refractivity contribution in [2.45, 2.75) is 26.3 Å². The summed E-state index contributed by atoms with van der Waals surface area (Å²) < 4.78 is 0.739. The Balaban J connectivity index is 2.12. The number of hydrogen-bond donors (Lipinski definition) is 2. The maximum absolute atomic E-state index is 12.3. The second-order valence-electron chi connectivity index (χ2n) is 5.03. The van der Waals surface area contributed by atoms with E-state index in [0.717, 1.165) is 16.5 Å². The third-order valence-corrected chi connectivity index (χ3v) is 4.16. The number of rotatable bonds is 4. The quantitative estimate of drug-likeness (QED) is 0.819. The molecule has 0 bridgehead atoms. The van der Waals surface area contributed by atoms with E-state index in [0.29, 0.717) is 11.3 Å². The molecule has 2 aromatic rings. The van der Waals surface area contributed by atoms with Gasteiger partial charge in [-0.3, -0.25) is 4.79 Å². The summed E-state index contributed by atoms with van der Waals surface area (Å²) in [6.07, 6.45) is 1.01. The first-order valence-electron chi connectivity index (χ1n) is 6.96. The lowest BCUT2D eigenvalue weighted by Gasteiger charge is -2.15. The molecule has 1 unspecified atom stereocenters. The summed E-state index contributed by atoms with van der Waals surface area (Å²) in [6, 6.07) is 13.4. The minimum absolute atomic E-state index is 0.0586. The van der Waals surface area contributed by atoms with E-state index in [2.05, 4.69) is 52.4 Å². The Hall–Kier alpha value is -1.81. The Morgan fingerprint density at radius 3 is 2.52 bits per heavy atom. The Bertz CT molecular complexity index is 638. The van der Waals surface area contributed by atoms with Gasteiger partial charge in [-0.2, -0.15) is 0 Å². The maximum atomic E-state index is 12.3. The molecule has 0 saturated carbocycles. The molecule has 0 aliphatic rings. The summed E-state index contributed by atoms with van der Waals surface area (Å²) in [7, 11) is 0. The van der Waals surface area contributed by atoms with Crippen LogP contribution in [-0.2, 0) is 6.42 Å². The summed E-state index contributed by atoms with van der Waals surface area (Å²) in [6.45, 7) is 4.09. The van der Waals surface area contributed by atoms with Gasteiger partial charge in [-0.1, -0.05) is 31.2 Å². The van der Waals surface area contributed by atoms with Gasteiger partial charge in [0.05, 0.1) is 11.6 Å². The average Bonchev–Trinajstić information content (AvgIpc) is 2.49. The predicted octanol–water partition coefficient (Wildman–Crippen LogP) is 4.08. The average molecular weight is 347 g/mol. The Morgan fingerprint density at radius 1 is 1.24 bits per heavy atom. The van der Waals surface area contributed by atoms with Gasteiger partial charge in [0.1, 0.15) is 0 Å². The summed E-state index contributed by atoms with van der Waals surface area (Å²) in [4.78, 5) is 12.3. The van der Waals surface area contributed by atoms with Crippen LogP contribution in [0.25, 0.3) is 0 Å². The highest BCUT2D eigenvalue weighted by atomic mass is 79.9. The van der Waals surface area contributed by atoms with Gasteiger partial charge in [0.15, 0.2) is 0 Å². The van der Waals surface area contributed by atoms with Crippen LogP contribution >= 0.6 is 15.9 Å². The molecule has 4 heteroatoms. The first-order valence-corrected chi connectivity index (χ1v) is 7.75. The first kappa shape index (κ1) is 15.6. The number of carbonyl (C=O) groups is 1. The van der Waals surface area contributed by atoms with Gasteiger partial charge in [-0.15, -0.1) is 0 Å². The van der Waals surface area contributed by atoms with Crippen molar-refractivity contribution in [3.8, 4) is 0 Å². The van der Waals surface area contributed by atoms with Crippen LogP contribution < -0.4 is 11.1 Å². The van der Waals surface area contributed by atoms with E-state index in [4.69, 9.17) is 5.73 Å². The van der Waals surface area contributed by atoms with Gasteiger partial charge in [0.25, 0.3) is 5.91 Å². The third kappa shape index (κ3) is 3.85. The number of amides is 1. The van der Waals surface area contributed by atoms with Gasteiger partial charge in [-0.05, 0) is 58.6 Å². The highest BCUT2D eigenvalue weighted by Crippen LogP contribution is 2.21. The van der Waals surface area contributed by atoms with Crippen LogP contribution in [0.1, 0.15) is 41.4 Å². The zero-order chi connectivity index (χ0) is 15.4. The lowest BCUT2D eigenvalue weighted by atomic mass is 10.0. The number of carbonyl (C=O) groups excluding carboxylic acids is 1. The van der Waals surface area contributed by atoms with Crippen LogP contribution in [0.2, 0.25) is 0 Å². The number of nitrogen functional groups attached to an aromatic ring is 1. The Labute approximate surface area is 133 Å². The molecule has 2 aromatic carbocycles. The number of benzene rings is 2. The van der Waals surface area contributed by atoms with E-state index in [9.17, 15) is 4.79 Å². The molecule has 0 aliphatic carbocycles. The second kappa shape index (κ2) is 6.76. The maximum Gasteiger partial charge on any atom is 0.252 e. The Kier molecular flexibility index (Phi) is 5.02. The van der Waals surface area contributed by atoms with E-state index in [-0.39, 0.29) is 11.9 Å². The topological polar surface area (TPSA) is 55.1 Å². The number of nitrogens with one attached hydrogen (secondary N) is 1. The van der Waals surface area contributed by atoms with Gasteiger partial charge >= 0.3 is 0 Å². The lowest BCUT2D eigenvalue weighted by molar-refractivity contribution is 0.0939. The Morgan fingerprint density at radius 2 is 1.90 bits per heavy atom. The van der Waals surface area contributed by atoms with Gasteiger partial charge in [0, 0.05) is 10.2 Å². The number of halogens is 1.